The van der Waals surface area contributed by atoms with E-state index in [-0.39, 0.29) is 5.92 Å². The number of ether oxygens (including phenoxy) is 4. The fourth-order valence-electron chi connectivity index (χ4n) is 3.90. The number of unbranched alkanes of at least 4 members (excludes halogenated alkanes) is 1. The van der Waals surface area contributed by atoms with Crippen molar-refractivity contribution in [3.8, 4) is 11.5 Å². The lowest BCUT2D eigenvalue weighted by Crippen LogP contribution is -2.58. The second kappa shape index (κ2) is 13.6. The second-order valence-corrected chi connectivity index (χ2v) is 8.72. The van der Waals surface area contributed by atoms with E-state index < -0.39 is 10.2 Å². The van der Waals surface area contributed by atoms with Gasteiger partial charge in [0.15, 0.2) is 11.5 Å². The number of hydrogen-bond acceptors (Lipinski definition) is 9. The van der Waals surface area contributed by atoms with Gasteiger partial charge in [-0.05, 0) is 64.0 Å². The molecule has 0 saturated heterocycles. The van der Waals surface area contributed by atoms with Gasteiger partial charge in [0.1, 0.15) is 23.0 Å². The summed E-state index contributed by atoms with van der Waals surface area (Å²) in [6, 6.07) is 6.09. The molecule has 0 fully saturated rings. The molecular weight excluding hydrogens is 492 g/mol. The predicted molar refractivity (Wildman–Crippen MR) is 126 cm³/mol. The van der Waals surface area contributed by atoms with Crippen LogP contribution in [0, 0.1) is 24.1 Å². The second-order valence-electron chi connectivity index (χ2n) is 7.93. The number of furan rings is 1. The molecule has 1 aliphatic carbocycles. The Morgan fingerprint density at radius 1 is 0.889 bits per heavy atom. The van der Waals surface area contributed by atoms with E-state index in [0.717, 1.165) is 64.1 Å². The SMILES string of the molecule is CCCCOc1ccc(C2C=C(OCC)c3c(C)oc(C)c3C(OCC)=C2)cc1OC.[O-][Cl+3]([O-])([O-])O. The number of fused-ring (bicyclic) bond motifs is 1. The molecule has 1 aromatic carbocycles. The van der Waals surface area contributed by atoms with Crippen molar-refractivity contribution in [1.82, 2.24) is 0 Å². The maximum absolute atomic E-state index is 8.60. The lowest BCUT2D eigenvalue weighted by Gasteiger charge is -2.16. The minimum absolute atomic E-state index is 0.0482. The molecule has 0 spiro atoms. The van der Waals surface area contributed by atoms with Gasteiger partial charge < -0.3 is 23.4 Å². The number of methoxy groups -OCH3 is 1. The fourth-order valence-corrected chi connectivity index (χ4v) is 3.90. The minimum atomic E-state index is -4.69. The van der Waals surface area contributed by atoms with Gasteiger partial charge in [0.05, 0.1) is 53.0 Å². The van der Waals surface area contributed by atoms with Crippen molar-refractivity contribution in [3.05, 3.63) is 58.6 Å². The van der Waals surface area contributed by atoms with E-state index in [2.05, 4.69) is 25.1 Å². The molecule has 10 heteroatoms. The van der Waals surface area contributed by atoms with Crippen molar-refractivity contribution < 1.29 is 52.2 Å². The van der Waals surface area contributed by atoms with Crippen LogP contribution in [0.1, 0.15) is 67.7 Å². The van der Waals surface area contributed by atoms with Gasteiger partial charge in [-0.25, -0.2) is 0 Å². The van der Waals surface area contributed by atoms with E-state index in [9.17, 15) is 0 Å². The van der Waals surface area contributed by atoms with Crippen molar-refractivity contribution in [2.75, 3.05) is 26.9 Å². The molecule has 3 rings (SSSR count). The third-order valence-electron chi connectivity index (χ3n) is 5.34. The zero-order chi connectivity index (χ0) is 26.9. The molecular formula is C26H35ClO9. The Labute approximate surface area is 214 Å². The summed E-state index contributed by atoms with van der Waals surface area (Å²) in [7, 11) is -3.02. The van der Waals surface area contributed by atoms with Gasteiger partial charge in [0.25, 0.3) is 0 Å². The van der Waals surface area contributed by atoms with E-state index in [1.165, 1.54) is 0 Å². The van der Waals surface area contributed by atoms with E-state index in [1.807, 2.05) is 39.8 Å². The molecule has 0 amide bonds. The maximum atomic E-state index is 8.60. The average Bonchev–Trinajstić information content (AvgIpc) is 2.99. The van der Waals surface area contributed by atoms with Crippen molar-refractivity contribution in [3.63, 3.8) is 0 Å². The first kappa shape index (κ1) is 29.5. The van der Waals surface area contributed by atoms with Crippen LogP contribution in [0.5, 0.6) is 11.5 Å². The van der Waals surface area contributed by atoms with Crippen molar-refractivity contribution in [2.45, 2.75) is 53.4 Å². The first-order valence-electron chi connectivity index (χ1n) is 11.8. The molecule has 0 atom stereocenters. The number of halogens is 1. The van der Waals surface area contributed by atoms with Crippen LogP contribution in [0.15, 0.2) is 34.8 Å². The van der Waals surface area contributed by atoms with Crippen LogP contribution in [0.25, 0.3) is 11.5 Å². The number of allylic oxidation sites excluding steroid dienone is 2. The third-order valence-corrected chi connectivity index (χ3v) is 5.34. The number of benzene rings is 1. The molecule has 2 aromatic rings. The highest BCUT2D eigenvalue weighted by Gasteiger charge is 2.28. The zero-order valence-electron chi connectivity index (χ0n) is 21.6. The molecule has 200 valence electrons. The lowest BCUT2D eigenvalue weighted by molar-refractivity contribution is -1.92. The predicted octanol–water partition coefficient (Wildman–Crippen LogP) is 2.51. The molecule has 0 bridgehead atoms. The van der Waals surface area contributed by atoms with Crippen LogP contribution in [-0.2, 0) is 9.47 Å². The van der Waals surface area contributed by atoms with Gasteiger partial charge >= 0.3 is 0 Å². The standard InChI is InChI=1S/C26H34O5.ClHO4/c1-7-10-13-30-21-12-11-19(14-22(21)27-6)20-15-23(28-8-2)25-17(4)31-18(5)26(25)24(16-20)29-9-3;2-1(3,4)5/h11-12,14-16,20H,7-10,13H2,1-6H3;(H,2,3,4,5). The normalized spacial score (nSPS) is 13.5. The molecule has 0 saturated carbocycles. The molecule has 36 heavy (non-hydrogen) atoms. The van der Waals surface area contributed by atoms with Gasteiger partial charge in [-0.15, -0.1) is 0 Å². The van der Waals surface area contributed by atoms with Crippen LogP contribution in [0.4, 0.5) is 0 Å². The highest BCUT2D eigenvalue weighted by atomic mass is 35.7. The molecule has 9 nitrogen and oxygen atoms in total. The number of rotatable bonds is 10. The molecule has 1 aliphatic rings. The van der Waals surface area contributed by atoms with Gasteiger partial charge in [-0.2, -0.15) is 14.0 Å². The van der Waals surface area contributed by atoms with Gasteiger partial charge in [-0.3, -0.25) is 0 Å². The first-order chi connectivity index (χ1) is 17.0. The van der Waals surface area contributed by atoms with E-state index in [0.29, 0.717) is 19.8 Å². The fraction of sp³-hybridized carbons (Fsp3) is 0.462. The average molecular weight is 527 g/mol. The van der Waals surface area contributed by atoms with Crippen molar-refractivity contribution >= 4 is 11.5 Å². The molecule has 0 unspecified atom stereocenters. The van der Waals surface area contributed by atoms with Crippen molar-refractivity contribution in [1.29, 1.82) is 0 Å². The summed E-state index contributed by atoms with van der Waals surface area (Å²) in [6.07, 6.45) is 6.36. The summed E-state index contributed by atoms with van der Waals surface area (Å²) in [6.45, 7) is 11.9. The van der Waals surface area contributed by atoms with Crippen molar-refractivity contribution in [2.24, 2.45) is 0 Å². The molecule has 1 aromatic heterocycles. The number of aryl methyl sites for hydroxylation is 2. The Kier molecular flexibility index (Phi) is 11.1. The van der Waals surface area contributed by atoms with Gasteiger partial charge in [-0.1, -0.05) is 19.4 Å². The highest BCUT2D eigenvalue weighted by Crippen LogP contribution is 2.42. The monoisotopic (exact) mass is 526 g/mol. The topological polar surface area (TPSA) is 139 Å². The van der Waals surface area contributed by atoms with E-state index in [4.69, 9.17) is 42.0 Å². The van der Waals surface area contributed by atoms with Crippen LogP contribution < -0.4 is 23.5 Å². The van der Waals surface area contributed by atoms with Crippen LogP contribution in [0.2, 0.25) is 0 Å². The maximum Gasteiger partial charge on any atom is 0.161 e. The van der Waals surface area contributed by atoms with Crippen LogP contribution in [-0.4, -0.2) is 31.6 Å². The lowest BCUT2D eigenvalue weighted by atomic mass is 9.97. The Balaban J connectivity index is 0.000000830. The number of hydrogen-bond donors (Lipinski definition) is 1. The van der Waals surface area contributed by atoms with Crippen LogP contribution >= 0.6 is 0 Å². The third kappa shape index (κ3) is 8.18. The summed E-state index contributed by atoms with van der Waals surface area (Å²) in [5, 5.41) is 0. The Bertz CT molecular complexity index is 1000. The largest absolute Gasteiger partial charge is 0.493 e. The molecule has 0 radical (unpaired) electrons. The Morgan fingerprint density at radius 3 is 1.86 bits per heavy atom. The van der Waals surface area contributed by atoms with Crippen LogP contribution in [0.3, 0.4) is 0 Å². The highest BCUT2D eigenvalue weighted by molar-refractivity contribution is 5.80. The summed E-state index contributed by atoms with van der Waals surface area (Å²) >= 11 is 0. The van der Waals surface area contributed by atoms with Gasteiger partial charge in [0.2, 0.25) is 0 Å². The van der Waals surface area contributed by atoms with E-state index >= 15 is 0 Å². The summed E-state index contributed by atoms with van der Waals surface area (Å²) in [4.78, 5) is 0. The molecule has 0 aliphatic heterocycles. The summed E-state index contributed by atoms with van der Waals surface area (Å²) in [5.74, 6) is 4.72. The Morgan fingerprint density at radius 2 is 1.42 bits per heavy atom. The van der Waals surface area contributed by atoms with E-state index in [1.54, 1.807) is 7.11 Å². The quantitative estimate of drug-likeness (QED) is 0.462. The molecule has 1 N–H and O–H groups in total. The summed E-state index contributed by atoms with van der Waals surface area (Å²) in [5.41, 5.74) is 3.01. The smallest absolute Gasteiger partial charge is 0.161 e. The first-order valence-corrected chi connectivity index (χ1v) is 13.0. The minimum Gasteiger partial charge on any atom is -0.493 e. The molecule has 1 heterocycles. The Hall–Kier alpha value is -2.69. The zero-order valence-corrected chi connectivity index (χ0v) is 22.3. The van der Waals surface area contributed by atoms with Gasteiger partial charge in [0, 0.05) is 5.92 Å². The summed E-state index contributed by atoms with van der Waals surface area (Å²) < 4.78 is 62.3.